The van der Waals surface area contributed by atoms with E-state index in [4.69, 9.17) is 9.47 Å². The number of carbonyl (C=O) groups is 3. The highest BCUT2D eigenvalue weighted by Crippen LogP contribution is 2.51. The van der Waals surface area contributed by atoms with E-state index in [0.717, 1.165) is 0 Å². The Kier molecular flexibility index (Phi) is 4.44. The maximum absolute atomic E-state index is 13.3. The number of ether oxygens (including phenoxy) is 2. The number of phenols is 2. The van der Waals surface area contributed by atoms with Gasteiger partial charge >= 0.3 is 0 Å². The number of carbonyl (C=O) groups excluding carboxylic acids is 3. The molecule has 4 rings (SSSR count). The van der Waals surface area contributed by atoms with E-state index in [2.05, 4.69) is 0 Å². The van der Waals surface area contributed by atoms with Crippen LogP contribution in [0.2, 0.25) is 0 Å². The monoisotopic (exact) mass is 412 g/mol. The van der Waals surface area contributed by atoms with E-state index in [1.165, 1.54) is 33.3 Å². The average Bonchev–Trinajstić information content (AvgIpc) is 2.73. The lowest BCUT2D eigenvalue weighted by atomic mass is 9.72. The van der Waals surface area contributed by atoms with Crippen molar-refractivity contribution in [3.8, 4) is 17.2 Å². The number of hydrogen-bond donors (Lipinski definition) is 3. The van der Waals surface area contributed by atoms with Gasteiger partial charge in [0.2, 0.25) is 5.78 Å². The van der Waals surface area contributed by atoms with Crippen molar-refractivity contribution in [1.29, 1.82) is 0 Å². The van der Waals surface area contributed by atoms with Crippen molar-refractivity contribution < 1.29 is 39.2 Å². The molecule has 0 saturated heterocycles. The van der Waals surface area contributed by atoms with Crippen LogP contribution in [0.5, 0.6) is 17.2 Å². The predicted octanol–water partition coefficient (Wildman–Crippen LogP) is 1.84. The summed E-state index contributed by atoms with van der Waals surface area (Å²) in [5.41, 5.74) is -2.43. The molecule has 0 amide bonds. The molecule has 2 aliphatic carbocycles. The second-order valence-corrected chi connectivity index (χ2v) is 7.57. The van der Waals surface area contributed by atoms with Crippen molar-refractivity contribution in [2.45, 2.75) is 31.5 Å². The molecule has 8 heteroatoms. The fourth-order valence-corrected chi connectivity index (χ4v) is 4.39. The molecule has 0 radical (unpaired) electrons. The summed E-state index contributed by atoms with van der Waals surface area (Å²) in [7, 11) is 2.68. The fraction of sp³-hybridized carbons (Fsp3) is 0.318. The molecule has 0 spiro atoms. The van der Waals surface area contributed by atoms with Crippen molar-refractivity contribution in [2.24, 2.45) is 0 Å². The highest BCUT2D eigenvalue weighted by atomic mass is 16.5. The number of aromatic hydroxyl groups is 2. The van der Waals surface area contributed by atoms with E-state index in [-0.39, 0.29) is 52.0 Å². The smallest absolute Gasteiger partial charge is 0.202 e. The van der Waals surface area contributed by atoms with Crippen LogP contribution >= 0.6 is 0 Å². The lowest BCUT2D eigenvalue weighted by molar-refractivity contribution is -0.140. The Bertz CT molecular complexity index is 1130. The van der Waals surface area contributed by atoms with Gasteiger partial charge in [0.1, 0.15) is 22.8 Å². The third-order valence-corrected chi connectivity index (χ3v) is 6.02. The van der Waals surface area contributed by atoms with Crippen molar-refractivity contribution in [3.05, 3.63) is 51.6 Å². The van der Waals surface area contributed by atoms with Gasteiger partial charge in [-0.05, 0) is 13.0 Å². The van der Waals surface area contributed by atoms with Crippen molar-refractivity contribution >= 4 is 17.3 Å². The van der Waals surface area contributed by atoms with Crippen LogP contribution in [-0.4, -0.2) is 52.5 Å². The van der Waals surface area contributed by atoms with E-state index in [1.807, 2.05) is 0 Å². The number of ketones is 3. The number of methoxy groups -OCH3 is 2. The first-order chi connectivity index (χ1) is 14.2. The summed E-state index contributed by atoms with van der Waals surface area (Å²) in [4.78, 5) is 38.5. The molecule has 3 N–H and O–H groups in total. The van der Waals surface area contributed by atoms with Gasteiger partial charge in [0.25, 0.3) is 0 Å². The molecular weight excluding hydrogens is 392 g/mol. The van der Waals surface area contributed by atoms with Crippen LogP contribution < -0.4 is 4.74 Å². The summed E-state index contributed by atoms with van der Waals surface area (Å²) in [6, 6.07) is 4.49. The summed E-state index contributed by atoms with van der Waals surface area (Å²) in [6.07, 6.45) is -1.46. The number of aliphatic hydroxyl groups is 1. The number of benzene rings is 2. The molecule has 2 atom stereocenters. The van der Waals surface area contributed by atoms with Crippen LogP contribution in [0.3, 0.4) is 0 Å². The molecule has 156 valence electrons. The highest BCUT2D eigenvalue weighted by Gasteiger charge is 2.47. The topological polar surface area (TPSA) is 130 Å². The Morgan fingerprint density at radius 3 is 2.33 bits per heavy atom. The van der Waals surface area contributed by atoms with Crippen LogP contribution in [0.25, 0.3) is 0 Å². The summed E-state index contributed by atoms with van der Waals surface area (Å²) in [5, 5.41) is 32.8. The van der Waals surface area contributed by atoms with Crippen LogP contribution in [0, 0.1) is 0 Å². The van der Waals surface area contributed by atoms with Gasteiger partial charge in [-0.2, -0.15) is 0 Å². The first kappa shape index (κ1) is 20.1. The van der Waals surface area contributed by atoms with Gasteiger partial charge in [-0.15, -0.1) is 0 Å². The van der Waals surface area contributed by atoms with Crippen LogP contribution in [0.15, 0.2) is 18.2 Å². The number of phenolic OH excluding ortho intramolecular Hbond substituents is 2. The quantitative estimate of drug-likeness (QED) is 0.556. The molecule has 2 aromatic rings. The standard InChI is InChI=1S/C22H20O8/c1-9(23)22(28)7-11-15(13(8-22)30-3)21(27)17-16(19(11)25)18(24)10-5-4-6-12(29-2)14(10)20(17)26/h4-6,13,25,27-28H,7-8H2,1-3H3/t13-,22?/m0/s1. The maximum atomic E-state index is 13.3. The second kappa shape index (κ2) is 6.65. The van der Waals surface area contributed by atoms with Crippen molar-refractivity contribution in [2.75, 3.05) is 14.2 Å². The van der Waals surface area contributed by atoms with Crippen LogP contribution in [0.1, 0.15) is 62.4 Å². The Morgan fingerprint density at radius 2 is 1.73 bits per heavy atom. The summed E-state index contributed by atoms with van der Waals surface area (Å²) >= 11 is 0. The molecule has 0 aliphatic heterocycles. The van der Waals surface area contributed by atoms with Gasteiger partial charge in [0.15, 0.2) is 11.6 Å². The molecule has 0 saturated carbocycles. The van der Waals surface area contributed by atoms with Gasteiger partial charge in [-0.1, -0.05) is 12.1 Å². The number of fused-ring (bicyclic) bond motifs is 3. The molecule has 0 fully saturated rings. The Labute approximate surface area is 171 Å². The normalized spacial score (nSPS) is 22.2. The van der Waals surface area contributed by atoms with Crippen LogP contribution in [-0.2, 0) is 16.0 Å². The number of hydrogen-bond acceptors (Lipinski definition) is 8. The first-order valence-electron chi connectivity index (χ1n) is 9.29. The zero-order chi connectivity index (χ0) is 22.0. The minimum atomic E-state index is -1.84. The minimum Gasteiger partial charge on any atom is -0.507 e. The molecule has 30 heavy (non-hydrogen) atoms. The van der Waals surface area contributed by atoms with E-state index in [9.17, 15) is 29.7 Å². The first-order valence-corrected chi connectivity index (χ1v) is 9.29. The zero-order valence-corrected chi connectivity index (χ0v) is 16.6. The molecule has 1 unspecified atom stereocenters. The molecular formula is C22H20O8. The fourth-order valence-electron chi connectivity index (χ4n) is 4.39. The van der Waals surface area contributed by atoms with Crippen molar-refractivity contribution in [1.82, 2.24) is 0 Å². The highest BCUT2D eigenvalue weighted by molar-refractivity contribution is 6.31. The van der Waals surface area contributed by atoms with Gasteiger partial charge in [-0.25, -0.2) is 0 Å². The average molecular weight is 412 g/mol. The Balaban J connectivity index is 2.05. The molecule has 8 nitrogen and oxygen atoms in total. The Morgan fingerprint density at radius 1 is 1.07 bits per heavy atom. The molecule has 2 aromatic carbocycles. The lowest BCUT2D eigenvalue weighted by Crippen LogP contribution is -2.44. The Hall–Kier alpha value is -3.23. The minimum absolute atomic E-state index is 0.00262. The van der Waals surface area contributed by atoms with Crippen molar-refractivity contribution in [3.63, 3.8) is 0 Å². The van der Waals surface area contributed by atoms with Gasteiger partial charge in [0.05, 0.1) is 29.9 Å². The summed E-state index contributed by atoms with van der Waals surface area (Å²) < 4.78 is 10.6. The van der Waals surface area contributed by atoms with Gasteiger partial charge in [-0.3, -0.25) is 14.4 Å². The SMILES string of the molecule is COc1cccc2c1C(=O)c1c(O)c3c(c(O)c1C2=O)CC(O)(C(C)=O)C[C@@H]3OC. The van der Waals surface area contributed by atoms with E-state index >= 15 is 0 Å². The zero-order valence-electron chi connectivity index (χ0n) is 16.6. The summed E-state index contributed by atoms with van der Waals surface area (Å²) in [5.74, 6) is -2.77. The van der Waals surface area contributed by atoms with Gasteiger partial charge < -0.3 is 24.8 Å². The summed E-state index contributed by atoms with van der Waals surface area (Å²) in [6.45, 7) is 1.21. The molecule has 0 heterocycles. The number of Topliss-reactive ketones (excluding diaryl/α,β-unsaturated/α-hetero) is 1. The number of rotatable bonds is 3. The molecule has 0 aromatic heterocycles. The van der Waals surface area contributed by atoms with E-state index in [1.54, 1.807) is 6.07 Å². The molecule has 2 aliphatic rings. The third kappa shape index (κ3) is 2.50. The lowest BCUT2D eigenvalue weighted by Gasteiger charge is -2.37. The van der Waals surface area contributed by atoms with E-state index in [0.29, 0.717) is 0 Å². The largest absolute Gasteiger partial charge is 0.507 e. The van der Waals surface area contributed by atoms with E-state index < -0.39 is 40.6 Å². The molecule has 0 bridgehead atoms. The van der Waals surface area contributed by atoms with Gasteiger partial charge in [0, 0.05) is 36.6 Å². The van der Waals surface area contributed by atoms with Crippen LogP contribution in [0.4, 0.5) is 0 Å². The predicted molar refractivity (Wildman–Crippen MR) is 103 cm³/mol. The second-order valence-electron chi connectivity index (χ2n) is 7.57. The third-order valence-electron chi connectivity index (χ3n) is 6.02. The maximum Gasteiger partial charge on any atom is 0.202 e.